The minimum absolute atomic E-state index is 0.0144. The van der Waals surface area contributed by atoms with Gasteiger partial charge >= 0.3 is 0 Å². The van der Waals surface area contributed by atoms with Gasteiger partial charge in [-0.2, -0.15) is 4.37 Å². The zero-order chi connectivity index (χ0) is 16.6. The number of thiophene rings is 1. The van der Waals surface area contributed by atoms with Gasteiger partial charge in [-0.3, -0.25) is 9.36 Å². The summed E-state index contributed by atoms with van der Waals surface area (Å²) in [7, 11) is 0. The van der Waals surface area contributed by atoms with E-state index in [0.717, 1.165) is 31.9 Å². The van der Waals surface area contributed by atoms with Gasteiger partial charge in [0.1, 0.15) is 10.7 Å². The lowest BCUT2D eigenvalue weighted by molar-refractivity contribution is 0.672. The fraction of sp³-hybridized carbons (Fsp3) is 0.333. The maximum absolute atomic E-state index is 12.9. The van der Waals surface area contributed by atoms with Crippen molar-refractivity contribution in [1.29, 1.82) is 0 Å². The third-order valence-corrected chi connectivity index (χ3v) is 6.39. The van der Waals surface area contributed by atoms with Crippen molar-refractivity contribution >= 4 is 44.8 Å². The summed E-state index contributed by atoms with van der Waals surface area (Å²) in [4.78, 5) is 23.9. The van der Waals surface area contributed by atoms with Crippen LogP contribution >= 0.6 is 34.6 Å². The van der Waals surface area contributed by atoms with Gasteiger partial charge in [0.15, 0.2) is 9.50 Å². The number of allylic oxidation sites excluding steroid dienone is 1. The van der Waals surface area contributed by atoms with Crippen LogP contribution in [0.25, 0.3) is 10.2 Å². The van der Waals surface area contributed by atoms with Crippen molar-refractivity contribution in [2.24, 2.45) is 0 Å². The molecule has 3 aromatic rings. The number of rotatable bonds is 5. The number of fused-ring (bicyclic) bond motifs is 1. The predicted molar refractivity (Wildman–Crippen MR) is 97.0 cm³/mol. The topological polar surface area (TPSA) is 60.7 Å². The smallest absolute Gasteiger partial charge is 0.263 e. The van der Waals surface area contributed by atoms with Crippen molar-refractivity contribution in [2.45, 2.75) is 43.2 Å². The highest BCUT2D eigenvalue weighted by atomic mass is 32.2. The van der Waals surface area contributed by atoms with Crippen LogP contribution in [0.2, 0.25) is 0 Å². The van der Waals surface area contributed by atoms with Crippen LogP contribution in [0.3, 0.4) is 0 Å². The van der Waals surface area contributed by atoms with Crippen LogP contribution in [0.1, 0.15) is 23.2 Å². The van der Waals surface area contributed by atoms with Gasteiger partial charge in [-0.25, -0.2) is 9.97 Å². The van der Waals surface area contributed by atoms with Crippen molar-refractivity contribution < 1.29 is 0 Å². The molecule has 0 aromatic carbocycles. The fourth-order valence-electron chi connectivity index (χ4n) is 2.18. The van der Waals surface area contributed by atoms with Gasteiger partial charge in [0.25, 0.3) is 5.56 Å². The van der Waals surface area contributed by atoms with Gasteiger partial charge in [0, 0.05) is 17.8 Å². The Hall–Kier alpha value is -1.51. The van der Waals surface area contributed by atoms with E-state index in [2.05, 4.69) is 15.9 Å². The molecule has 3 aromatic heterocycles. The Labute approximate surface area is 146 Å². The molecule has 0 fully saturated rings. The second-order valence-corrected chi connectivity index (χ2v) is 8.16. The van der Waals surface area contributed by atoms with Gasteiger partial charge in [-0.15, -0.1) is 17.9 Å². The Balaban J connectivity index is 2.16. The highest BCUT2D eigenvalue weighted by molar-refractivity contribution is 8.00. The van der Waals surface area contributed by atoms with E-state index >= 15 is 0 Å². The summed E-state index contributed by atoms with van der Waals surface area (Å²) >= 11 is 4.29. The van der Waals surface area contributed by atoms with Crippen LogP contribution in [0, 0.1) is 13.8 Å². The van der Waals surface area contributed by atoms with Gasteiger partial charge < -0.3 is 0 Å². The Morgan fingerprint density at radius 3 is 2.78 bits per heavy atom. The zero-order valence-electron chi connectivity index (χ0n) is 13.1. The van der Waals surface area contributed by atoms with E-state index in [4.69, 9.17) is 4.98 Å². The fourth-order valence-corrected chi connectivity index (χ4v) is 4.95. The summed E-state index contributed by atoms with van der Waals surface area (Å²) in [6, 6.07) is 0. The minimum Gasteiger partial charge on any atom is -0.283 e. The molecule has 0 radical (unpaired) electrons. The molecule has 5 nitrogen and oxygen atoms in total. The van der Waals surface area contributed by atoms with Crippen LogP contribution in [-0.4, -0.2) is 18.9 Å². The first-order valence-corrected chi connectivity index (χ1v) is 9.57. The molecule has 23 heavy (non-hydrogen) atoms. The molecule has 0 saturated carbocycles. The molecule has 3 rings (SSSR count). The first-order valence-electron chi connectivity index (χ1n) is 7.17. The highest BCUT2D eigenvalue weighted by Crippen LogP contribution is 2.31. The maximum Gasteiger partial charge on any atom is 0.263 e. The lowest BCUT2D eigenvalue weighted by Crippen LogP contribution is -2.22. The van der Waals surface area contributed by atoms with Crippen molar-refractivity contribution in [2.75, 3.05) is 0 Å². The van der Waals surface area contributed by atoms with Crippen LogP contribution in [0.4, 0.5) is 0 Å². The monoisotopic (exact) mass is 364 g/mol. The Morgan fingerprint density at radius 1 is 1.35 bits per heavy atom. The maximum atomic E-state index is 12.9. The SMILES string of the molecule is C=CCn1c(Sc2nc(CC)ns2)nc2sc(C)c(C)c2c1=O. The van der Waals surface area contributed by atoms with Crippen molar-refractivity contribution in [3.8, 4) is 0 Å². The Kier molecular flexibility index (Phi) is 4.65. The second-order valence-electron chi connectivity index (χ2n) is 4.99. The van der Waals surface area contributed by atoms with E-state index in [9.17, 15) is 4.79 Å². The molecule has 0 spiro atoms. The van der Waals surface area contributed by atoms with E-state index in [1.807, 2.05) is 20.8 Å². The number of hydrogen-bond acceptors (Lipinski definition) is 7. The Morgan fingerprint density at radius 2 is 2.13 bits per heavy atom. The third kappa shape index (κ3) is 2.98. The van der Waals surface area contributed by atoms with Gasteiger partial charge in [-0.05, 0) is 42.7 Å². The summed E-state index contributed by atoms with van der Waals surface area (Å²) in [5.41, 5.74) is 1.00. The molecule has 0 aliphatic carbocycles. The number of hydrogen-bond donors (Lipinski definition) is 0. The minimum atomic E-state index is -0.0144. The number of nitrogens with zero attached hydrogens (tertiary/aromatic N) is 4. The van der Waals surface area contributed by atoms with Crippen LogP contribution in [-0.2, 0) is 13.0 Å². The summed E-state index contributed by atoms with van der Waals surface area (Å²) in [6.45, 7) is 10.2. The van der Waals surface area contributed by atoms with E-state index < -0.39 is 0 Å². The molecule has 0 aliphatic heterocycles. The molecular formula is C15H16N4OS3. The van der Waals surface area contributed by atoms with E-state index in [1.165, 1.54) is 23.3 Å². The van der Waals surface area contributed by atoms with E-state index in [1.54, 1.807) is 22.0 Å². The van der Waals surface area contributed by atoms with Gasteiger partial charge in [-0.1, -0.05) is 13.0 Å². The quantitative estimate of drug-likeness (QED) is 0.509. The van der Waals surface area contributed by atoms with Crippen LogP contribution in [0.15, 0.2) is 26.9 Å². The lowest BCUT2D eigenvalue weighted by atomic mass is 10.2. The van der Waals surface area contributed by atoms with Crippen LogP contribution < -0.4 is 5.56 Å². The molecule has 3 heterocycles. The molecule has 0 N–H and O–H groups in total. The average molecular weight is 365 g/mol. The van der Waals surface area contributed by atoms with E-state index in [-0.39, 0.29) is 5.56 Å². The molecule has 8 heteroatoms. The van der Waals surface area contributed by atoms with E-state index in [0.29, 0.717) is 17.1 Å². The molecule has 120 valence electrons. The average Bonchev–Trinajstić information content (AvgIpc) is 3.08. The molecule has 0 atom stereocenters. The largest absolute Gasteiger partial charge is 0.283 e. The van der Waals surface area contributed by atoms with Crippen LogP contribution in [0.5, 0.6) is 0 Å². The summed E-state index contributed by atoms with van der Waals surface area (Å²) in [6.07, 6.45) is 2.51. The molecule has 0 aliphatic rings. The van der Waals surface area contributed by atoms with Crippen molar-refractivity contribution in [3.63, 3.8) is 0 Å². The third-order valence-electron chi connectivity index (χ3n) is 3.51. The summed E-state index contributed by atoms with van der Waals surface area (Å²) in [5.74, 6) is 0.819. The lowest BCUT2D eigenvalue weighted by Gasteiger charge is -2.08. The van der Waals surface area contributed by atoms with Crippen molar-refractivity contribution in [3.05, 3.63) is 39.3 Å². The molecular weight excluding hydrogens is 348 g/mol. The highest BCUT2D eigenvalue weighted by Gasteiger charge is 2.17. The second kappa shape index (κ2) is 6.54. The first kappa shape index (κ1) is 16.4. The standard InChI is InChI=1S/C15H16N4OS3/c1-5-7-19-13(20)11-8(3)9(4)21-12(11)17-14(19)22-15-16-10(6-2)18-23-15/h5H,1,6-7H2,2-4H3. The van der Waals surface area contributed by atoms with Gasteiger partial charge in [0.2, 0.25) is 0 Å². The molecule has 0 amide bonds. The van der Waals surface area contributed by atoms with Crippen molar-refractivity contribution in [1.82, 2.24) is 18.9 Å². The predicted octanol–water partition coefficient (Wildman–Crippen LogP) is 3.83. The number of aromatic nitrogens is 4. The molecule has 0 saturated heterocycles. The van der Waals surface area contributed by atoms with Gasteiger partial charge in [0.05, 0.1) is 5.39 Å². The molecule has 0 unspecified atom stereocenters. The normalized spacial score (nSPS) is 11.3. The first-order chi connectivity index (χ1) is 11.0. The zero-order valence-corrected chi connectivity index (χ0v) is 15.6. The number of aryl methyl sites for hydroxylation is 3. The molecule has 0 bridgehead atoms. The summed E-state index contributed by atoms with van der Waals surface area (Å²) < 4.78 is 6.75. The Bertz CT molecular complexity index is 938. The summed E-state index contributed by atoms with van der Waals surface area (Å²) in [5, 5.41) is 1.35.